The third-order valence-corrected chi connectivity index (χ3v) is 13.9. The fraction of sp³-hybridized carbons (Fsp3) is 0. The number of aromatic nitrogens is 8. The normalized spacial score (nSPS) is 11.5. The number of para-hydroxylation sites is 4. The molecule has 0 aliphatic heterocycles. The van der Waals surface area contributed by atoms with Crippen LogP contribution in [0.25, 0.3) is 134 Å². The van der Waals surface area contributed by atoms with E-state index in [1.165, 1.54) is 32.6 Å². The first kappa shape index (κ1) is 42.7. The quantitative estimate of drug-likeness (QED) is 0.143. The number of hydrogen-bond donors (Lipinski definition) is 0. The summed E-state index contributed by atoms with van der Waals surface area (Å²) in [6, 6.07) is 82.4. The standard InChI is InChI=1S/C66H42N8/c1-2-14-44(15-3-1)56-40-48(43-25-29-49(30-26-43)73-62-21-8-4-16-51(62)52-17-5-9-22-63(52)73)41-59(70-56)58-38-46(33-36-68-58)47-34-37-69-61(39-47)66-71-57(42-60(72-66)55-20-12-13-35-67-55)45-27-31-50(32-28-45)74-64-23-10-6-18-53(64)54-19-7-11-24-65(54)74/h1-42H. The van der Waals surface area contributed by atoms with Gasteiger partial charge in [0, 0.05) is 62.6 Å². The molecule has 0 amide bonds. The maximum absolute atomic E-state index is 5.24. The van der Waals surface area contributed by atoms with Crippen molar-refractivity contribution in [2.45, 2.75) is 0 Å². The smallest absolute Gasteiger partial charge is 0.179 e. The molecule has 8 heteroatoms. The van der Waals surface area contributed by atoms with E-state index < -0.39 is 0 Å². The second kappa shape index (κ2) is 17.9. The molecule has 0 radical (unpaired) electrons. The molecule has 0 saturated heterocycles. The highest BCUT2D eigenvalue weighted by molar-refractivity contribution is 6.10. The van der Waals surface area contributed by atoms with Gasteiger partial charge >= 0.3 is 0 Å². The topological polar surface area (TPSA) is 87.2 Å². The Kier molecular flexibility index (Phi) is 10.3. The molecule has 14 rings (SSSR count). The molecule has 0 saturated carbocycles. The molecule has 0 aliphatic carbocycles. The molecule has 0 bridgehead atoms. The van der Waals surface area contributed by atoms with E-state index in [4.69, 9.17) is 24.9 Å². The summed E-state index contributed by atoms with van der Waals surface area (Å²) in [7, 11) is 0. The highest BCUT2D eigenvalue weighted by Crippen LogP contribution is 2.37. The van der Waals surface area contributed by atoms with Crippen molar-refractivity contribution in [3.8, 4) is 90.4 Å². The Balaban J connectivity index is 0.821. The molecule has 74 heavy (non-hydrogen) atoms. The van der Waals surface area contributed by atoms with Gasteiger partial charge in [-0.05, 0) is 125 Å². The number of benzene rings is 7. The Morgan fingerprint density at radius 3 is 1.22 bits per heavy atom. The number of nitrogens with zero attached hydrogens (tertiary/aromatic N) is 8. The van der Waals surface area contributed by atoms with Crippen molar-refractivity contribution in [3.05, 3.63) is 255 Å². The summed E-state index contributed by atoms with van der Waals surface area (Å²) in [6.07, 6.45) is 5.45. The molecule has 7 aromatic carbocycles. The van der Waals surface area contributed by atoms with E-state index in [0.717, 1.165) is 84.3 Å². The largest absolute Gasteiger partial charge is 0.309 e. The first-order chi connectivity index (χ1) is 36.7. The van der Waals surface area contributed by atoms with E-state index in [1.54, 1.807) is 6.20 Å². The van der Waals surface area contributed by atoms with E-state index in [0.29, 0.717) is 17.2 Å². The lowest BCUT2D eigenvalue weighted by molar-refractivity contribution is 1.13. The lowest BCUT2D eigenvalue weighted by Gasteiger charge is -2.13. The zero-order valence-electron chi connectivity index (χ0n) is 39.8. The van der Waals surface area contributed by atoms with E-state index in [-0.39, 0.29) is 0 Å². The summed E-state index contributed by atoms with van der Waals surface area (Å²) in [4.78, 5) is 30.0. The summed E-state index contributed by atoms with van der Waals surface area (Å²) >= 11 is 0. The molecule has 0 unspecified atom stereocenters. The van der Waals surface area contributed by atoms with Crippen molar-refractivity contribution in [1.82, 2.24) is 39.0 Å². The monoisotopic (exact) mass is 946 g/mol. The van der Waals surface area contributed by atoms with Crippen molar-refractivity contribution in [2.24, 2.45) is 0 Å². The molecule has 0 spiro atoms. The molecule has 14 aromatic rings. The van der Waals surface area contributed by atoms with Gasteiger partial charge in [0.1, 0.15) is 5.69 Å². The summed E-state index contributed by atoms with van der Waals surface area (Å²) < 4.78 is 4.66. The van der Waals surface area contributed by atoms with Crippen LogP contribution in [0, 0.1) is 0 Å². The molecule has 0 N–H and O–H groups in total. The Morgan fingerprint density at radius 2 is 0.649 bits per heavy atom. The van der Waals surface area contributed by atoms with E-state index in [1.807, 2.05) is 73.1 Å². The predicted molar refractivity (Wildman–Crippen MR) is 300 cm³/mol. The van der Waals surface area contributed by atoms with E-state index in [9.17, 15) is 0 Å². The SMILES string of the molecule is c1ccc(-c2cc(-c3ccc(-n4c5ccccc5c5ccccc54)cc3)cc(-c3cc(-c4ccnc(-c5nc(-c6ccc(-n7c8ccccc8c8ccccc87)cc6)cc(-c6ccccn6)n5)c4)ccn3)n2)cc1. The second-order valence-electron chi connectivity index (χ2n) is 18.4. The third kappa shape index (κ3) is 7.57. The highest BCUT2D eigenvalue weighted by Gasteiger charge is 2.18. The first-order valence-corrected chi connectivity index (χ1v) is 24.7. The molecule has 0 aliphatic rings. The summed E-state index contributed by atoms with van der Waals surface area (Å²) in [5.74, 6) is 0.497. The van der Waals surface area contributed by atoms with Gasteiger partial charge in [0.05, 0.1) is 56.2 Å². The fourth-order valence-electron chi connectivity index (χ4n) is 10.4. The van der Waals surface area contributed by atoms with Gasteiger partial charge in [-0.15, -0.1) is 0 Å². The summed E-state index contributed by atoms with van der Waals surface area (Å²) in [5, 5.41) is 4.93. The van der Waals surface area contributed by atoms with Crippen molar-refractivity contribution in [3.63, 3.8) is 0 Å². The maximum Gasteiger partial charge on any atom is 0.179 e. The molecule has 0 atom stereocenters. The lowest BCUT2D eigenvalue weighted by atomic mass is 10.00. The average Bonchev–Trinajstić information content (AvgIpc) is 4.01. The van der Waals surface area contributed by atoms with Gasteiger partial charge in [-0.2, -0.15) is 0 Å². The number of hydrogen-bond acceptors (Lipinski definition) is 6. The van der Waals surface area contributed by atoms with E-state index in [2.05, 4.69) is 190 Å². The second-order valence-corrected chi connectivity index (χ2v) is 18.4. The zero-order valence-corrected chi connectivity index (χ0v) is 39.8. The number of pyridine rings is 4. The van der Waals surface area contributed by atoms with Gasteiger partial charge in [0.25, 0.3) is 0 Å². The van der Waals surface area contributed by atoms with Crippen LogP contribution < -0.4 is 0 Å². The maximum atomic E-state index is 5.24. The molecule has 8 nitrogen and oxygen atoms in total. The molecular formula is C66H42N8. The van der Waals surface area contributed by atoms with Gasteiger partial charge in [0.15, 0.2) is 5.82 Å². The van der Waals surface area contributed by atoms with E-state index >= 15 is 0 Å². The predicted octanol–water partition coefficient (Wildman–Crippen LogP) is 15.9. The Hall–Kier alpha value is -10.2. The minimum atomic E-state index is 0.497. The van der Waals surface area contributed by atoms with Crippen molar-refractivity contribution in [1.29, 1.82) is 0 Å². The van der Waals surface area contributed by atoms with Gasteiger partial charge in [-0.1, -0.05) is 133 Å². The average molecular weight is 947 g/mol. The fourth-order valence-corrected chi connectivity index (χ4v) is 10.4. The van der Waals surface area contributed by atoms with Crippen LogP contribution in [0.15, 0.2) is 255 Å². The van der Waals surface area contributed by atoms with Crippen LogP contribution in [0.4, 0.5) is 0 Å². The van der Waals surface area contributed by atoms with Crippen LogP contribution in [0.3, 0.4) is 0 Å². The van der Waals surface area contributed by atoms with Crippen LogP contribution in [-0.2, 0) is 0 Å². The van der Waals surface area contributed by atoms with Gasteiger partial charge in [-0.3, -0.25) is 15.0 Å². The van der Waals surface area contributed by atoms with Gasteiger partial charge in [0.2, 0.25) is 0 Å². The summed E-state index contributed by atoms with van der Waals surface area (Å²) in [6.45, 7) is 0. The Labute approximate surface area is 426 Å². The molecule has 7 aromatic heterocycles. The zero-order chi connectivity index (χ0) is 49.0. The highest BCUT2D eigenvalue weighted by atomic mass is 15.0. The lowest BCUT2D eigenvalue weighted by Crippen LogP contribution is -1.99. The third-order valence-electron chi connectivity index (χ3n) is 13.9. The molecule has 7 heterocycles. The van der Waals surface area contributed by atoms with Crippen LogP contribution in [-0.4, -0.2) is 39.0 Å². The summed E-state index contributed by atoms with van der Waals surface area (Å²) in [5.41, 5.74) is 18.1. The Bertz CT molecular complexity index is 4020. The van der Waals surface area contributed by atoms with Gasteiger partial charge in [-0.25, -0.2) is 15.0 Å². The molecular weight excluding hydrogens is 905 g/mol. The molecule has 0 fully saturated rings. The van der Waals surface area contributed by atoms with Crippen molar-refractivity contribution < 1.29 is 0 Å². The Morgan fingerprint density at radius 1 is 0.230 bits per heavy atom. The minimum Gasteiger partial charge on any atom is -0.309 e. The molecule has 346 valence electrons. The number of fused-ring (bicyclic) bond motifs is 6. The van der Waals surface area contributed by atoms with Crippen molar-refractivity contribution >= 4 is 43.6 Å². The van der Waals surface area contributed by atoms with Crippen LogP contribution in [0.2, 0.25) is 0 Å². The van der Waals surface area contributed by atoms with Crippen LogP contribution in [0.5, 0.6) is 0 Å². The minimum absolute atomic E-state index is 0.497. The van der Waals surface area contributed by atoms with Crippen LogP contribution in [0.1, 0.15) is 0 Å². The number of rotatable bonds is 9. The first-order valence-electron chi connectivity index (χ1n) is 24.7. The van der Waals surface area contributed by atoms with Gasteiger partial charge < -0.3 is 9.13 Å². The van der Waals surface area contributed by atoms with Crippen molar-refractivity contribution in [2.75, 3.05) is 0 Å². The van der Waals surface area contributed by atoms with Crippen LogP contribution >= 0.6 is 0 Å².